The molecule has 2 heterocycles. The number of nitrogens with one attached hydrogen (secondary N) is 2. The Morgan fingerprint density at radius 3 is 2.43 bits per heavy atom. The van der Waals surface area contributed by atoms with E-state index in [9.17, 15) is 22.7 Å². The molecule has 0 bridgehead atoms. The molecule has 2 aromatic carbocycles. The van der Waals surface area contributed by atoms with Crippen molar-refractivity contribution in [2.24, 2.45) is 0 Å². The second-order valence-corrected chi connectivity index (χ2v) is 6.84. The van der Waals surface area contributed by atoms with E-state index in [2.05, 4.69) is 15.3 Å². The first kappa shape index (κ1) is 20.1. The van der Waals surface area contributed by atoms with E-state index < -0.39 is 29.5 Å². The van der Waals surface area contributed by atoms with Gasteiger partial charge in [-0.15, -0.1) is 0 Å². The minimum atomic E-state index is -1.17. The lowest BCUT2D eigenvalue weighted by molar-refractivity contribution is 0.139. The fourth-order valence-electron chi connectivity index (χ4n) is 3.43. The largest absolute Gasteiger partial charge is 0.374 e. The Hall–Kier alpha value is -3.23. The van der Waals surface area contributed by atoms with Crippen LogP contribution in [0.5, 0.6) is 0 Å². The fourth-order valence-corrected chi connectivity index (χ4v) is 3.43. The summed E-state index contributed by atoms with van der Waals surface area (Å²) >= 11 is 0. The summed E-state index contributed by atoms with van der Waals surface area (Å²) < 4.78 is 54.8. The summed E-state index contributed by atoms with van der Waals surface area (Å²) in [4.78, 5) is 6.65. The highest BCUT2D eigenvalue weighted by Crippen LogP contribution is 2.33. The number of H-pyrrole nitrogens is 1. The molecule has 0 aliphatic carbocycles. The summed E-state index contributed by atoms with van der Waals surface area (Å²) in [6, 6.07) is 8.81. The summed E-state index contributed by atoms with van der Waals surface area (Å²) in [6.45, 7) is 0.219. The number of benzene rings is 2. The van der Waals surface area contributed by atoms with Crippen molar-refractivity contribution < 1.29 is 22.7 Å². The molecule has 4 rings (SSSR count). The van der Waals surface area contributed by atoms with E-state index in [4.69, 9.17) is 0 Å². The maximum atomic E-state index is 14.3. The van der Waals surface area contributed by atoms with Crippen molar-refractivity contribution >= 4 is 10.9 Å². The highest BCUT2D eigenvalue weighted by atomic mass is 19.1. The van der Waals surface area contributed by atoms with Crippen molar-refractivity contribution in [3.05, 3.63) is 89.3 Å². The van der Waals surface area contributed by atoms with Crippen LogP contribution in [0.15, 0.2) is 54.9 Å². The van der Waals surface area contributed by atoms with E-state index in [1.54, 1.807) is 12.1 Å². The summed E-state index contributed by atoms with van der Waals surface area (Å²) in [5.41, 5.74) is 2.13. The van der Waals surface area contributed by atoms with E-state index in [1.807, 2.05) is 0 Å². The number of halogens is 4. The number of hydrogen-bond acceptors (Lipinski definition) is 3. The lowest BCUT2D eigenvalue weighted by atomic mass is 10.0. The van der Waals surface area contributed by atoms with E-state index in [1.165, 1.54) is 24.4 Å². The van der Waals surface area contributed by atoms with Gasteiger partial charge in [0.2, 0.25) is 0 Å². The van der Waals surface area contributed by atoms with Crippen LogP contribution in [0.2, 0.25) is 0 Å². The maximum Gasteiger partial charge on any atom is 0.150 e. The van der Waals surface area contributed by atoms with Gasteiger partial charge in [-0.25, -0.2) is 17.6 Å². The summed E-state index contributed by atoms with van der Waals surface area (Å²) in [5, 5.41) is 13.4. The molecule has 4 aromatic rings. The van der Waals surface area contributed by atoms with E-state index in [0.29, 0.717) is 22.2 Å². The highest BCUT2D eigenvalue weighted by molar-refractivity contribution is 5.91. The number of aliphatic hydroxyl groups excluding tert-OH is 1. The fraction of sp³-hybridized carbons (Fsp3) is 0.136. The molecule has 1 atom stereocenters. The summed E-state index contributed by atoms with van der Waals surface area (Å²) in [7, 11) is 0. The highest BCUT2D eigenvalue weighted by Gasteiger charge is 2.18. The third kappa shape index (κ3) is 4.05. The molecule has 0 amide bonds. The summed E-state index contributed by atoms with van der Waals surface area (Å²) in [6.07, 6.45) is 1.48. The molecule has 0 spiro atoms. The van der Waals surface area contributed by atoms with E-state index >= 15 is 0 Å². The zero-order valence-corrected chi connectivity index (χ0v) is 15.6. The molecule has 0 fully saturated rings. The number of hydrogen-bond donors (Lipinski definition) is 3. The van der Waals surface area contributed by atoms with E-state index in [-0.39, 0.29) is 24.0 Å². The van der Waals surface area contributed by atoms with Crippen molar-refractivity contribution in [3.63, 3.8) is 0 Å². The van der Waals surface area contributed by atoms with Gasteiger partial charge in [0.1, 0.15) is 29.5 Å². The molecule has 3 N–H and O–H groups in total. The predicted octanol–water partition coefficient (Wildman–Crippen LogP) is 4.61. The SMILES string of the molecule is OC(NCCc1c(-c2ccc(F)cc2)[nH]c2c(F)cc(F)cc12)c1cncc(F)c1. The van der Waals surface area contributed by atoms with Gasteiger partial charge >= 0.3 is 0 Å². The third-order valence-corrected chi connectivity index (χ3v) is 4.82. The number of aromatic amines is 1. The van der Waals surface area contributed by atoms with Gasteiger partial charge < -0.3 is 10.1 Å². The molecule has 2 aromatic heterocycles. The van der Waals surface area contributed by atoms with Crippen LogP contribution in [0.4, 0.5) is 17.6 Å². The van der Waals surface area contributed by atoms with Crippen LogP contribution >= 0.6 is 0 Å². The number of pyridine rings is 1. The van der Waals surface area contributed by atoms with Crippen molar-refractivity contribution in [2.45, 2.75) is 12.6 Å². The van der Waals surface area contributed by atoms with Gasteiger partial charge in [0.05, 0.1) is 11.7 Å². The Morgan fingerprint density at radius 2 is 1.70 bits per heavy atom. The number of fused-ring (bicyclic) bond motifs is 1. The average Bonchev–Trinajstić information content (AvgIpc) is 3.07. The van der Waals surface area contributed by atoms with Gasteiger partial charge in [-0.3, -0.25) is 10.3 Å². The normalized spacial score (nSPS) is 12.4. The van der Waals surface area contributed by atoms with Crippen LogP contribution in [0, 0.1) is 23.3 Å². The molecular formula is C22H17F4N3O. The average molecular weight is 415 g/mol. The number of nitrogens with zero attached hydrogens (tertiary/aromatic N) is 1. The zero-order chi connectivity index (χ0) is 21.3. The van der Waals surface area contributed by atoms with Gasteiger partial charge in [-0.2, -0.15) is 0 Å². The van der Waals surface area contributed by atoms with Gasteiger partial charge in [0.15, 0.2) is 0 Å². The van der Waals surface area contributed by atoms with Crippen LogP contribution in [0.3, 0.4) is 0 Å². The zero-order valence-electron chi connectivity index (χ0n) is 15.6. The molecular weight excluding hydrogens is 398 g/mol. The topological polar surface area (TPSA) is 60.9 Å². The minimum Gasteiger partial charge on any atom is -0.374 e. The Kier molecular flexibility index (Phi) is 5.52. The first-order valence-corrected chi connectivity index (χ1v) is 9.20. The molecule has 154 valence electrons. The lowest BCUT2D eigenvalue weighted by Gasteiger charge is -2.13. The lowest BCUT2D eigenvalue weighted by Crippen LogP contribution is -2.23. The van der Waals surface area contributed by atoms with Crippen LogP contribution < -0.4 is 5.32 Å². The Bertz CT molecular complexity index is 1190. The molecule has 4 nitrogen and oxygen atoms in total. The first-order chi connectivity index (χ1) is 14.4. The molecule has 0 radical (unpaired) electrons. The van der Waals surface area contributed by atoms with Gasteiger partial charge in [-0.05, 0) is 53.9 Å². The smallest absolute Gasteiger partial charge is 0.150 e. The van der Waals surface area contributed by atoms with Crippen LogP contribution in [-0.2, 0) is 6.42 Å². The molecule has 0 aliphatic heterocycles. The first-order valence-electron chi connectivity index (χ1n) is 9.20. The number of rotatable bonds is 6. The van der Waals surface area contributed by atoms with Crippen molar-refractivity contribution in [2.75, 3.05) is 6.54 Å². The van der Waals surface area contributed by atoms with Crippen molar-refractivity contribution in [3.8, 4) is 11.3 Å². The summed E-state index contributed by atoms with van der Waals surface area (Å²) in [5.74, 6) is -2.44. The van der Waals surface area contributed by atoms with Crippen LogP contribution in [0.1, 0.15) is 17.4 Å². The number of aliphatic hydroxyl groups is 1. The quantitative estimate of drug-likeness (QED) is 0.318. The van der Waals surface area contributed by atoms with Gasteiger partial charge in [-0.1, -0.05) is 0 Å². The second-order valence-electron chi connectivity index (χ2n) is 6.84. The Balaban J connectivity index is 1.64. The van der Waals surface area contributed by atoms with Crippen molar-refractivity contribution in [1.29, 1.82) is 0 Å². The molecule has 0 saturated carbocycles. The Labute approximate surface area is 169 Å². The minimum absolute atomic E-state index is 0.139. The maximum absolute atomic E-state index is 14.3. The Morgan fingerprint density at radius 1 is 0.933 bits per heavy atom. The predicted molar refractivity (Wildman–Crippen MR) is 104 cm³/mol. The van der Waals surface area contributed by atoms with Crippen molar-refractivity contribution in [1.82, 2.24) is 15.3 Å². The number of aromatic nitrogens is 2. The molecule has 1 unspecified atom stereocenters. The molecule has 0 saturated heterocycles. The van der Waals surface area contributed by atoms with Gasteiger partial charge in [0.25, 0.3) is 0 Å². The molecule has 30 heavy (non-hydrogen) atoms. The van der Waals surface area contributed by atoms with Crippen LogP contribution in [-0.4, -0.2) is 21.6 Å². The second kappa shape index (κ2) is 8.25. The van der Waals surface area contributed by atoms with Gasteiger partial charge in [0, 0.05) is 35.5 Å². The molecule has 8 heteroatoms. The standard InChI is InChI=1S/C22H17F4N3O/c23-14-3-1-12(2-4-14)20-17(18-8-15(24)9-19(26)21(18)29-20)5-6-28-22(30)13-7-16(25)11-27-10-13/h1-4,7-11,22,28-30H,5-6H2. The van der Waals surface area contributed by atoms with Crippen LogP contribution in [0.25, 0.3) is 22.2 Å². The monoisotopic (exact) mass is 415 g/mol. The third-order valence-electron chi connectivity index (χ3n) is 4.82. The molecule has 0 aliphatic rings. The van der Waals surface area contributed by atoms with E-state index in [0.717, 1.165) is 18.3 Å².